The number of aliphatic hydroxyl groups excluding tert-OH is 1. The van der Waals surface area contributed by atoms with Gasteiger partial charge in [0.25, 0.3) is 0 Å². The molecule has 2 N–H and O–H groups in total. The van der Waals surface area contributed by atoms with Crippen LogP contribution in [0.15, 0.2) is 35.1 Å². The lowest BCUT2D eigenvalue weighted by molar-refractivity contribution is -0.138. The van der Waals surface area contributed by atoms with E-state index in [0.29, 0.717) is 5.82 Å². The number of aromatic nitrogens is 2. The summed E-state index contributed by atoms with van der Waals surface area (Å²) in [7, 11) is 0. The lowest BCUT2D eigenvalue weighted by Gasteiger charge is -2.14. The molecular formula is C12H10BrF3N2O. The first-order valence-corrected chi connectivity index (χ1v) is 6.20. The maximum Gasteiger partial charge on any atom is 0.417 e. The number of H-pyrrole nitrogens is 1. The number of aliphatic hydroxyl groups is 1. The highest BCUT2D eigenvalue weighted by Gasteiger charge is 2.33. The van der Waals surface area contributed by atoms with E-state index in [1.165, 1.54) is 18.3 Å². The number of alkyl halides is 3. The summed E-state index contributed by atoms with van der Waals surface area (Å²) in [5.74, 6) is 0.518. The molecule has 1 unspecified atom stereocenters. The average Bonchev–Trinajstić information content (AvgIpc) is 2.80. The van der Waals surface area contributed by atoms with Crippen LogP contribution in [0, 0.1) is 0 Å². The Kier molecular flexibility index (Phi) is 3.96. The molecule has 3 nitrogen and oxygen atoms in total. The highest BCUT2D eigenvalue weighted by atomic mass is 79.9. The molecule has 1 heterocycles. The van der Waals surface area contributed by atoms with E-state index in [0.717, 1.165) is 6.07 Å². The van der Waals surface area contributed by atoms with Gasteiger partial charge in [-0.2, -0.15) is 13.2 Å². The van der Waals surface area contributed by atoms with Crippen molar-refractivity contribution >= 4 is 15.9 Å². The van der Waals surface area contributed by atoms with Crippen molar-refractivity contribution in [2.24, 2.45) is 0 Å². The summed E-state index contributed by atoms with van der Waals surface area (Å²) < 4.78 is 38.2. The molecule has 0 amide bonds. The normalized spacial score (nSPS) is 13.5. The van der Waals surface area contributed by atoms with Gasteiger partial charge < -0.3 is 10.1 Å². The molecule has 7 heteroatoms. The van der Waals surface area contributed by atoms with Gasteiger partial charge in [-0.1, -0.05) is 22.0 Å². The summed E-state index contributed by atoms with van der Waals surface area (Å²) in [4.78, 5) is 6.71. The fourth-order valence-corrected chi connectivity index (χ4v) is 2.15. The van der Waals surface area contributed by atoms with Crippen LogP contribution in [0.4, 0.5) is 13.2 Å². The fraction of sp³-hybridized carbons (Fsp3) is 0.250. The first-order valence-electron chi connectivity index (χ1n) is 5.41. The number of aromatic amines is 1. The summed E-state index contributed by atoms with van der Waals surface area (Å²) in [5, 5.41) is 9.93. The molecule has 1 aromatic heterocycles. The van der Waals surface area contributed by atoms with Gasteiger partial charge in [0.05, 0.1) is 11.7 Å². The fourth-order valence-electron chi connectivity index (χ4n) is 1.68. The summed E-state index contributed by atoms with van der Waals surface area (Å²) in [6.45, 7) is 0. The third kappa shape index (κ3) is 3.36. The first kappa shape index (κ1) is 14.1. The molecule has 1 atom stereocenters. The van der Waals surface area contributed by atoms with Crippen LogP contribution in [-0.2, 0) is 12.6 Å². The zero-order chi connectivity index (χ0) is 14.0. The second-order valence-electron chi connectivity index (χ2n) is 3.99. The Hall–Kier alpha value is -1.34. The number of rotatable bonds is 3. The van der Waals surface area contributed by atoms with E-state index >= 15 is 0 Å². The number of benzene rings is 1. The van der Waals surface area contributed by atoms with Crippen LogP contribution in [0.3, 0.4) is 0 Å². The summed E-state index contributed by atoms with van der Waals surface area (Å²) >= 11 is 2.86. The van der Waals surface area contributed by atoms with E-state index in [4.69, 9.17) is 0 Å². The van der Waals surface area contributed by atoms with E-state index in [1.807, 2.05) is 0 Å². The molecule has 0 aliphatic rings. The van der Waals surface area contributed by atoms with Crippen LogP contribution >= 0.6 is 15.9 Å². The third-order valence-corrected chi connectivity index (χ3v) is 3.31. The first-order chi connectivity index (χ1) is 8.88. The van der Waals surface area contributed by atoms with E-state index in [1.54, 1.807) is 6.20 Å². The molecule has 19 heavy (non-hydrogen) atoms. The van der Waals surface area contributed by atoms with E-state index in [9.17, 15) is 18.3 Å². The van der Waals surface area contributed by atoms with Crippen molar-refractivity contribution in [3.05, 3.63) is 52.0 Å². The molecule has 2 rings (SSSR count). The molecule has 102 valence electrons. The average molecular weight is 335 g/mol. The molecule has 2 aromatic rings. The van der Waals surface area contributed by atoms with Gasteiger partial charge in [-0.05, 0) is 17.7 Å². The van der Waals surface area contributed by atoms with Gasteiger partial charge in [0.2, 0.25) is 0 Å². The number of hydrogen-bond donors (Lipinski definition) is 2. The van der Waals surface area contributed by atoms with Crippen LogP contribution < -0.4 is 0 Å². The van der Waals surface area contributed by atoms with Gasteiger partial charge in [-0.3, -0.25) is 0 Å². The van der Waals surface area contributed by atoms with Crippen LogP contribution in [0.25, 0.3) is 0 Å². The van der Waals surface area contributed by atoms with Crippen molar-refractivity contribution in [1.82, 2.24) is 9.97 Å². The van der Waals surface area contributed by atoms with Gasteiger partial charge in [-0.15, -0.1) is 0 Å². The summed E-state index contributed by atoms with van der Waals surface area (Å²) in [6, 6.07) is 3.67. The highest BCUT2D eigenvalue weighted by molar-refractivity contribution is 9.10. The maximum absolute atomic E-state index is 12.7. The topological polar surface area (TPSA) is 48.9 Å². The van der Waals surface area contributed by atoms with Gasteiger partial charge in [0.1, 0.15) is 5.82 Å². The Balaban J connectivity index is 2.25. The van der Waals surface area contributed by atoms with Crippen LogP contribution in [-0.4, -0.2) is 15.1 Å². The molecule has 0 radical (unpaired) electrons. The van der Waals surface area contributed by atoms with Crippen molar-refractivity contribution < 1.29 is 18.3 Å². The zero-order valence-corrected chi connectivity index (χ0v) is 11.2. The largest absolute Gasteiger partial charge is 0.417 e. The number of halogens is 4. The molecule has 0 fully saturated rings. The highest BCUT2D eigenvalue weighted by Crippen LogP contribution is 2.36. The second-order valence-corrected chi connectivity index (χ2v) is 4.85. The van der Waals surface area contributed by atoms with Crippen molar-refractivity contribution in [1.29, 1.82) is 0 Å². The van der Waals surface area contributed by atoms with E-state index < -0.39 is 17.8 Å². The second kappa shape index (κ2) is 5.34. The van der Waals surface area contributed by atoms with Crippen LogP contribution in [0.1, 0.15) is 23.1 Å². The maximum atomic E-state index is 12.7. The van der Waals surface area contributed by atoms with Crippen molar-refractivity contribution in [2.75, 3.05) is 0 Å². The standard InChI is InChI=1S/C12H10BrF3N2O/c13-9-2-1-7(5-8(9)12(14,15)16)10(19)6-11-17-3-4-18-11/h1-5,10,19H,6H2,(H,17,18). The molecule has 0 aliphatic carbocycles. The smallest absolute Gasteiger partial charge is 0.388 e. The predicted molar refractivity (Wildman–Crippen MR) is 66.4 cm³/mol. The Morgan fingerprint density at radius 3 is 2.68 bits per heavy atom. The minimum atomic E-state index is -4.46. The zero-order valence-electron chi connectivity index (χ0n) is 9.58. The number of hydrogen-bond acceptors (Lipinski definition) is 2. The lowest BCUT2D eigenvalue weighted by Crippen LogP contribution is -2.09. The van der Waals surface area contributed by atoms with Crippen molar-refractivity contribution in [2.45, 2.75) is 18.7 Å². The van der Waals surface area contributed by atoms with Crippen molar-refractivity contribution in [3.8, 4) is 0 Å². The van der Waals surface area contributed by atoms with E-state index in [2.05, 4.69) is 25.9 Å². The van der Waals surface area contributed by atoms with Gasteiger partial charge >= 0.3 is 6.18 Å². The minimum Gasteiger partial charge on any atom is -0.388 e. The molecular weight excluding hydrogens is 325 g/mol. The Labute approximate surface area is 115 Å². The molecule has 0 bridgehead atoms. The summed E-state index contributed by atoms with van der Waals surface area (Å²) in [6.07, 6.45) is -2.26. The SMILES string of the molecule is OC(Cc1ncc[nH]1)c1ccc(Br)c(C(F)(F)F)c1. The van der Waals surface area contributed by atoms with Crippen LogP contribution in [0.5, 0.6) is 0 Å². The van der Waals surface area contributed by atoms with Crippen molar-refractivity contribution in [3.63, 3.8) is 0 Å². The number of nitrogens with zero attached hydrogens (tertiary/aromatic N) is 1. The lowest BCUT2D eigenvalue weighted by atomic mass is 10.0. The van der Waals surface area contributed by atoms with Gasteiger partial charge in [0, 0.05) is 23.3 Å². The number of imidazole rings is 1. The third-order valence-electron chi connectivity index (χ3n) is 2.62. The summed E-state index contributed by atoms with van der Waals surface area (Å²) in [5.41, 5.74) is -0.601. The minimum absolute atomic E-state index is 0.0473. The Morgan fingerprint density at radius 2 is 2.11 bits per heavy atom. The van der Waals surface area contributed by atoms with Gasteiger partial charge in [0.15, 0.2) is 0 Å². The molecule has 0 spiro atoms. The Morgan fingerprint density at radius 1 is 1.37 bits per heavy atom. The predicted octanol–water partition coefficient (Wildman–Crippen LogP) is 3.47. The van der Waals surface area contributed by atoms with Crippen LogP contribution in [0.2, 0.25) is 0 Å². The molecule has 0 aliphatic heterocycles. The Bertz CT molecular complexity index is 555. The quantitative estimate of drug-likeness (QED) is 0.902. The molecule has 0 saturated heterocycles. The molecule has 0 saturated carbocycles. The van der Waals surface area contributed by atoms with E-state index in [-0.39, 0.29) is 16.5 Å². The number of nitrogens with one attached hydrogen (secondary N) is 1. The monoisotopic (exact) mass is 334 g/mol. The van der Waals surface area contributed by atoms with Gasteiger partial charge in [-0.25, -0.2) is 4.98 Å². The molecule has 1 aromatic carbocycles.